The maximum Gasteiger partial charge on any atom is 0.338 e. The van der Waals surface area contributed by atoms with Crippen LogP contribution in [0, 0.1) is 0 Å². The summed E-state index contributed by atoms with van der Waals surface area (Å²) in [4.78, 5) is 25.5. The number of benzene rings is 1. The molecule has 0 radical (unpaired) electrons. The predicted molar refractivity (Wildman–Crippen MR) is 92.2 cm³/mol. The van der Waals surface area contributed by atoms with Gasteiger partial charge in [0.15, 0.2) is 5.76 Å². The van der Waals surface area contributed by atoms with Crippen molar-refractivity contribution in [2.75, 3.05) is 6.54 Å². The quantitative estimate of drug-likeness (QED) is 0.855. The molecule has 24 heavy (non-hydrogen) atoms. The van der Waals surface area contributed by atoms with Gasteiger partial charge in [-0.3, -0.25) is 4.79 Å². The number of hydrogen-bond donors (Lipinski definition) is 1. The molecular formula is C18H18BrNO4. The number of rotatable bonds is 4. The largest absolute Gasteiger partial charge is 0.478 e. The molecule has 126 valence electrons. The van der Waals surface area contributed by atoms with Crippen molar-refractivity contribution in [1.29, 1.82) is 0 Å². The van der Waals surface area contributed by atoms with E-state index in [1.807, 2.05) is 17.0 Å². The third kappa shape index (κ3) is 3.70. The molecule has 1 aliphatic heterocycles. The van der Waals surface area contributed by atoms with E-state index in [1.54, 1.807) is 0 Å². The lowest BCUT2D eigenvalue weighted by Crippen LogP contribution is -2.44. The van der Waals surface area contributed by atoms with Crippen LogP contribution in [0.3, 0.4) is 0 Å². The minimum absolute atomic E-state index is 0.00102. The molecule has 1 fully saturated rings. The van der Waals surface area contributed by atoms with Gasteiger partial charge in [-0.05, 0) is 43.4 Å². The zero-order valence-electron chi connectivity index (χ0n) is 13.1. The smallest absolute Gasteiger partial charge is 0.338 e. The highest BCUT2D eigenvalue weighted by Gasteiger charge is 2.29. The molecule has 0 saturated carbocycles. The summed E-state index contributed by atoms with van der Waals surface area (Å²) in [6, 6.07) is 9.47. The van der Waals surface area contributed by atoms with Crippen molar-refractivity contribution in [3.63, 3.8) is 0 Å². The Kier molecular flexibility index (Phi) is 5.04. The second-order valence-corrected chi connectivity index (χ2v) is 6.90. The minimum Gasteiger partial charge on any atom is -0.478 e. The Morgan fingerprint density at radius 1 is 1.29 bits per heavy atom. The van der Waals surface area contributed by atoms with Crippen LogP contribution in [0.5, 0.6) is 0 Å². The number of hydrogen-bond acceptors (Lipinski definition) is 3. The van der Waals surface area contributed by atoms with E-state index in [-0.39, 0.29) is 23.3 Å². The first kappa shape index (κ1) is 16.8. The molecule has 1 unspecified atom stereocenters. The number of nitrogens with zero attached hydrogens (tertiary/aromatic N) is 1. The van der Waals surface area contributed by atoms with Crippen LogP contribution in [0.2, 0.25) is 0 Å². The molecule has 5 nitrogen and oxygen atoms in total. The van der Waals surface area contributed by atoms with Gasteiger partial charge in [-0.15, -0.1) is 0 Å². The molecule has 1 atom stereocenters. The molecule has 1 aromatic heterocycles. The topological polar surface area (TPSA) is 70.7 Å². The summed E-state index contributed by atoms with van der Waals surface area (Å²) in [6.07, 6.45) is 4.86. The zero-order chi connectivity index (χ0) is 17.1. The molecule has 2 aromatic rings. The van der Waals surface area contributed by atoms with Crippen molar-refractivity contribution in [3.05, 3.63) is 58.0 Å². The SMILES string of the molecule is O=C(O)c1coc(C(=O)N2CCCCC2Cc2cccc(Br)c2)c1. The molecule has 1 amide bonds. The van der Waals surface area contributed by atoms with Crippen LogP contribution >= 0.6 is 15.9 Å². The van der Waals surface area contributed by atoms with Crippen LogP contribution in [0.15, 0.2) is 45.5 Å². The van der Waals surface area contributed by atoms with E-state index in [0.717, 1.165) is 36.4 Å². The summed E-state index contributed by atoms with van der Waals surface area (Å²) in [7, 11) is 0. The number of carbonyl (C=O) groups is 2. The van der Waals surface area contributed by atoms with Crippen LogP contribution in [-0.4, -0.2) is 34.5 Å². The Bertz CT molecular complexity index is 755. The van der Waals surface area contributed by atoms with Crippen molar-refractivity contribution >= 4 is 27.8 Å². The fourth-order valence-corrected chi connectivity index (χ4v) is 3.56. The summed E-state index contributed by atoms with van der Waals surface area (Å²) in [5.74, 6) is -1.24. The summed E-state index contributed by atoms with van der Waals surface area (Å²) >= 11 is 3.47. The lowest BCUT2D eigenvalue weighted by molar-refractivity contribution is 0.0580. The van der Waals surface area contributed by atoms with E-state index < -0.39 is 5.97 Å². The predicted octanol–water partition coefficient (Wildman–Crippen LogP) is 3.98. The van der Waals surface area contributed by atoms with Gasteiger partial charge in [0.1, 0.15) is 6.26 Å². The van der Waals surface area contributed by atoms with Gasteiger partial charge in [0.05, 0.1) is 5.56 Å². The average Bonchev–Trinajstić information content (AvgIpc) is 3.05. The average molecular weight is 392 g/mol. The fourth-order valence-electron chi connectivity index (χ4n) is 3.12. The normalized spacial score (nSPS) is 17.7. The molecule has 3 rings (SSSR count). The summed E-state index contributed by atoms with van der Waals surface area (Å²) < 4.78 is 6.20. The summed E-state index contributed by atoms with van der Waals surface area (Å²) in [5, 5.41) is 8.97. The number of piperidine rings is 1. The van der Waals surface area contributed by atoms with E-state index in [2.05, 4.69) is 28.1 Å². The summed E-state index contributed by atoms with van der Waals surface area (Å²) in [6.45, 7) is 0.667. The monoisotopic (exact) mass is 391 g/mol. The van der Waals surface area contributed by atoms with Gasteiger partial charge >= 0.3 is 5.97 Å². The van der Waals surface area contributed by atoms with Crippen molar-refractivity contribution in [2.45, 2.75) is 31.7 Å². The molecule has 1 N–H and O–H groups in total. The molecule has 1 aromatic carbocycles. The first-order valence-electron chi connectivity index (χ1n) is 7.92. The van der Waals surface area contributed by atoms with E-state index in [0.29, 0.717) is 6.54 Å². The Morgan fingerprint density at radius 3 is 2.83 bits per heavy atom. The van der Waals surface area contributed by atoms with Crippen LogP contribution < -0.4 is 0 Å². The molecule has 0 spiro atoms. The molecule has 0 bridgehead atoms. The van der Waals surface area contributed by atoms with E-state index in [1.165, 1.54) is 11.6 Å². The molecule has 1 aliphatic rings. The molecular weight excluding hydrogens is 374 g/mol. The minimum atomic E-state index is -1.10. The van der Waals surface area contributed by atoms with Gasteiger partial charge in [-0.1, -0.05) is 28.1 Å². The molecule has 2 heterocycles. The number of likely N-dealkylation sites (tertiary alicyclic amines) is 1. The number of carboxylic acid groups (broad SMARTS) is 1. The Labute approximate surface area is 148 Å². The summed E-state index contributed by atoms with van der Waals surface area (Å²) in [5.41, 5.74) is 1.17. The lowest BCUT2D eigenvalue weighted by Gasteiger charge is -2.35. The van der Waals surface area contributed by atoms with Gasteiger partial charge in [0.25, 0.3) is 5.91 Å². The standard InChI is InChI=1S/C18H18BrNO4/c19-14-5-3-4-12(8-14)9-15-6-1-2-7-20(15)17(21)16-10-13(11-24-16)18(22)23/h3-5,8,10-11,15H,1-2,6-7,9H2,(H,22,23). The van der Waals surface area contributed by atoms with Crippen molar-refractivity contribution in [3.8, 4) is 0 Å². The Balaban J connectivity index is 1.78. The van der Waals surface area contributed by atoms with Gasteiger partial charge < -0.3 is 14.4 Å². The number of aromatic carboxylic acids is 1. The van der Waals surface area contributed by atoms with Crippen LogP contribution in [0.1, 0.15) is 45.7 Å². The van der Waals surface area contributed by atoms with Crippen molar-refractivity contribution in [2.24, 2.45) is 0 Å². The van der Waals surface area contributed by atoms with Gasteiger partial charge in [-0.2, -0.15) is 0 Å². The first-order chi connectivity index (χ1) is 11.5. The maximum absolute atomic E-state index is 12.7. The fraction of sp³-hybridized carbons (Fsp3) is 0.333. The van der Waals surface area contributed by atoms with Crippen molar-refractivity contribution < 1.29 is 19.1 Å². The van der Waals surface area contributed by atoms with Crippen molar-refractivity contribution in [1.82, 2.24) is 4.90 Å². The molecule has 0 aliphatic carbocycles. The third-order valence-electron chi connectivity index (χ3n) is 4.31. The number of amides is 1. The van der Waals surface area contributed by atoms with E-state index in [4.69, 9.17) is 9.52 Å². The van der Waals surface area contributed by atoms with Crippen LogP contribution in [-0.2, 0) is 6.42 Å². The highest BCUT2D eigenvalue weighted by atomic mass is 79.9. The molecule has 1 saturated heterocycles. The molecule has 6 heteroatoms. The number of furan rings is 1. The van der Waals surface area contributed by atoms with Gasteiger partial charge in [0, 0.05) is 23.1 Å². The number of carboxylic acids is 1. The Hall–Kier alpha value is -2.08. The highest BCUT2D eigenvalue weighted by molar-refractivity contribution is 9.10. The van der Waals surface area contributed by atoms with E-state index in [9.17, 15) is 9.59 Å². The highest BCUT2D eigenvalue weighted by Crippen LogP contribution is 2.24. The lowest BCUT2D eigenvalue weighted by atomic mass is 9.95. The maximum atomic E-state index is 12.7. The first-order valence-corrected chi connectivity index (χ1v) is 8.71. The van der Waals surface area contributed by atoms with E-state index >= 15 is 0 Å². The second kappa shape index (κ2) is 7.21. The Morgan fingerprint density at radius 2 is 2.12 bits per heavy atom. The zero-order valence-corrected chi connectivity index (χ0v) is 14.7. The second-order valence-electron chi connectivity index (χ2n) is 5.99. The van der Waals surface area contributed by atoms with Gasteiger partial charge in [0.2, 0.25) is 0 Å². The number of halogens is 1. The van der Waals surface area contributed by atoms with Crippen LogP contribution in [0.25, 0.3) is 0 Å². The third-order valence-corrected chi connectivity index (χ3v) is 4.80. The number of carbonyl (C=O) groups excluding carboxylic acids is 1. The van der Waals surface area contributed by atoms with Gasteiger partial charge in [-0.25, -0.2) is 4.79 Å². The van der Waals surface area contributed by atoms with Crippen LogP contribution in [0.4, 0.5) is 0 Å².